The topological polar surface area (TPSA) is 37.4 Å². The zero-order valence-electron chi connectivity index (χ0n) is 10.4. The molecule has 0 spiro atoms. The van der Waals surface area contributed by atoms with E-state index >= 15 is 0 Å². The summed E-state index contributed by atoms with van der Waals surface area (Å²) in [5.41, 5.74) is 0.921. The van der Waals surface area contributed by atoms with Crippen LogP contribution in [0.4, 0.5) is 0 Å². The molecule has 0 radical (unpaired) electrons. The first-order valence-corrected chi connectivity index (χ1v) is 6.37. The van der Waals surface area contributed by atoms with Crippen LogP contribution in [-0.4, -0.2) is 23.1 Å². The Morgan fingerprint density at radius 1 is 1.26 bits per heavy atom. The average molecular weight is 276 g/mol. The third-order valence-electron chi connectivity index (χ3n) is 3.02. The van der Waals surface area contributed by atoms with Gasteiger partial charge in [0.2, 0.25) is 5.91 Å². The molecule has 19 heavy (non-hydrogen) atoms. The van der Waals surface area contributed by atoms with Crippen molar-refractivity contribution in [3.05, 3.63) is 59.8 Å². The van der Waals surface area contributed by atoms with E-state index in [-0.39, 0.29) is 11.7 Å². The number of hydrogen-bond acceptors (Lipinski definition) is 2. The summed E-state index contributed by atoms with van der Waals surface area (Å²) >= 11 is 5.81. The van der Waals surface area contributed by atoms with Gasteiger partial charge in [0.15, 0.2) is 5.78 Å². The number of benzene rings is 1. The SMILES string of the molecule is C=CCN1C=CC(=O)C(Cc2ccc(Cl)cc2)C1=O. The van der Waals surface area contributed by atoms with Crippen LogP contribution in [0, 0.1) is 5.92 Å². The molecule has 1 amide bonds. The molecule has 1 aromatic rings. The summed E-state index contributed by atoms with van der Waals surface area (Å²) in [7, 11) is 0. The molecular formula is C15H14ClNO2. The van der Waals surface area contributed by atoms with E-state index in [0.717, 1.165) is 5.56 Å². The van der Waals surface area contributed by atoms with Crippen LogP contribution in [0.5, 0.6) is 0 Å². The highest BCUT2D eigenvalue weighted by atomic mass is 35.5. The zero-order valence-corrected chi connectivity index (χ0v) is 11.1. The third-order valence-corrected chi connectivity index (χ3v) is 3.27. The first-order chi connectivity index (χ1) is 9.11. The van der Waals surface area contributed by atoms with Gasteiger partial charge in [-0.2, -0.15) is 0 Å². The molecule has 2 rings (SSSR count). The van der Waals surface area contributed by atoms with Gasteiger partial charge in [-0.25, -0.2) is 0 Å². The van der Waals surface area contributed by atoms with Crippen LogP contribution < -0.4 is 0 Å². The minimum atomic E-state index is -0.647. The van der Waals surface area contributed by atoms with Crippen LogP contribution >= 0.6 is 11.6 Å². The summed E-state index contributed by atoms with van der Waals surface area (Å²) in [5.74, 6) is -0.978. The fourth-order valence-electron chi connectivity index (χ4n) is 2.01. The minimum absolute atomic E-state index is 0.153. The molecule has 1 aliphatic rings. The predicted molar refractivity (Wildman–Crippen MR) is 74.7 cm³/mol. The van der Waals surface area contributed by atoms with E-state index in [4.69, 9.17) is 11.6 Å². The van der Waals surface area contributed by atoms with Crippen molar-refractivity contribution in [2.75, 3.05) is 6.54 Å². The zero-order chi connectivity index (χ0) is 13.8. The molecule has 0 fully saturated rings. The predicted octanol–water partition coefficient (Wildman–Crippen LogP) is 2.61. The maximum atomic E-state index is 12.2. The smallest absolute Gasteiger partial charge is 0.238 e. The highest BCUT2D eigenvalue weighted by Crippen LogP contribution is 2.19. The number of amides is 1. The van der Waals surface area contributed by atoms with E-state index < -0.39 is 5.92 Å². The first-order valence-electron chi connectivity index (χ1n) is 5.99. The molecule has 1 atom stereocenters. The number of carbonyl (C=O) groups excluding carboxylic acids is 2. The number of nitrogens with zero attached hydrogens (tertiary/aromatic N) is 1. The summed E-state index contributed by atoms with van der Waals surface area (Å²) < 4.78 is 0. The highest BCUT2D eigenvalue weighted by Gasteiger charge is 2.31. The summed E-state index contributed by atoms with van der Waals surface area (Å²) in [4.78, 5) is 25.5. The van der Waals surface area contributed by atoms with Crippen LogP contribution in [0.2, 0.25) is 5.02 Å². The van der Waals surface area contributed by atoms with E-state index in [1.54, 1.807) is 18.2 Å². The van der Waals surface area contributed by atoms with Gasteiger partial charge in [-0.1, -0.05) is 29.8 Å². The molecular weight excluding hydrogens is 262 g/mol. The van der Waals surface area contributed by atoms with Gasteiger partial charge >= 0.3 is 0 Å². The lowest BCUT2D eigenvalue weighted by molar-refractivity contribution is -0.138. The third kappa shape index (κ3) is 3.12. The molecule has 1 unspecified atom stereocenters. The van der Waals surface area contributed by atoms with Gasteiger partial charge in [-0.15, -0.1) is 6.58 Å². The number of halogens is 1. The van der Waals surface area contributed by atoms with Crippen molar-refractivity contribution >= 4 is 23.3 Å². The molecule has 0 saturated carbocycles. The molecule has 0 saturated heterocycles. The van der Waals surface area contributed by atoms with Crippen molar-refractivity contribution in [2.24, 2.45) is 5.92 Å². The first kappa shape index (κ1) is 13.6. The number of carbonyl (C=O) groups is 2. The Bertz CT molecular complexity index is 534. The van der Waals surface area contributed by atoms with Crippen LogP contribution in [0.15, 0.2) is 49.2 Å². The maximum absolute atomic E-state index is 12.2. The normalized spacial score (nSPS) is 18.8. The van der Waals surface area contributed by atoms with E-state index in [0.29, 0.717) is 18.0 Å². The summed E-state index contributed by atoms with van der Waals surface area (Å²) in [6, 6.07) is 7.18. The van der Waals surface area contributed by atoms with Gasteiger partial charge in [0.25, 0.3) is 0 Å². The summed E-state index contributed by atoms with van der Waals surface area (Å²) in [6.07, 6.45) is 5.00. The quantitative estimate of drug-likeness (QED) is 0.626. The standard InChI is InChI=1S/C15H14ClNO2/c1-2-8-17-9-7-14(18)13(15(17)19)10-11-3-5-12(16)6-4-11/h2-7,9,13H,1,8,10H2. The van der Waals surface area contributed by atoms with Crippen molar-refractivity contribution < 1.29 is 9.59 Å². The molecule has 0 N–H and O–H groups in total. The Labute approximate surface area is 117 Å². The lowest BCUT2D eigenvalue weighted by Gasteiger charge is -2.25. The van der Waals surface area contributed by atoms with Crippen molar-refractivity contribution in [3.8, 4) is 0 Å². The van der Waals surface area contributed by atoms with E-state index in [1.807, 2.05) is 12.1 Å². The Morgan fingerprint density at radius 3 is 2.58 bits per heavy atom. The maximum Gasteiger partial charge on any atom is 0.238 e. The fraction of sp³-hybridized carbons (Fsp3) is 0.200. The molecule has 0 bridgehead atoms. The molecule has 0 aliphatic carbocycles. The van der Waals surface area contributed by atoms with Crippen molar-refractivity contribution in [3.63, 3.8) is 0 Å². The van der Waals surface area contributed by atoms with Crippen molar-refractivity contribution in [2.45, 2.75) is 6.42 Å². The van der Waals surface area contributed by atoms with Gasteiger partial charge < -0.3 is 4.90 Å². The fourth-order valence-corrected chi connectivity index (χ4v) is 2.13. The second-order valence-corrected chi connectivity index (χ2v) is 4.82. The molecule has 98 valence electrons. The second kappa shape index (κ2) is 5.85. The number of ketones is 1. The lowest BCUT2D eigenvalue weighted by atomic mass is 9.92. The van der Waals surface area contributed by atoms with E-state index in [1.165, 1.54) is 17.2 Å². The highest BCUT2D eigenvalue weighted by molar-refractivity contribution is 6.30. The molecule has 1 aromatic carbocycles. The summed E-state index contributed by atoms with van der Waals surface area (Å²) in [6.45, 7) is 4.02. The lowest BCUT2D eigenvalue weighted by Crippen LogP contribution is -2.40. The summed E-state index contributed by atoms with van der Waals surface area (Å²) in [5, 5.41) is 0.637. The van der Waals surface area contributed by atoms with Crippen LogP contribution in [0.1, 0.15) is 5.56 Å². The molecule has 1 aliphatic heterocycles. The van der Waals surface area contributed by atoms with Crippen LogP contribution in [0.25, 0.3) is 0 Å². The molecule has 4 heteroatoms. The Hall–Kier alpha value is -1.87. The van der Waals surface area contributed by atoms with E-state index in [2.05, 4.69) is 6.58 Å². The van der Waals surface area contributed by atoms with Crippen molar-refractivity contribution in [1.82, 2.24) is 4.90 Å². The van der Waals surface area contributed by atoms with Gasteiger partial charge in [0.05, 0.1) is 0 Å². The van der Waals surface area contributed by atoms with Gasteiger partial charge in [0, 0.05) is 17.8 Å². The van der Waals surface area contributed by atoms with Crippen molar-refractivity contribution in [1.29, 1.82) is 0 Å². The average Bonchev–Trinajstić information content (AvgIpc) is 2.40. The minimum Gasteiger partial charge on any atom is -0.315 e. The van der Waals surface area contributed by atoms with Gasteiger partial charge in [-0.05, 0) is 30.2 Å². The molecule has 0 aromatic heterocycles. The monoisotopic (exact) mass is 275 g/mol. The Balaban J connectivity index is 2.16. The van der Waals surface area contributed by atoms with E-state index in [9.17, 15) is 9.59 Å². The number of allylic oxidation sites excluding steroid dienone is 1. The number of rotatable bonds is 4. The Kier molecular flexibility index (Phi) is 4.17. The van der Waals surface area contributed by atoms with Crippen LogP contribution in [0.3, 0.4) is 0 Å². The van der Waals surface area contributed by atoms with Gasteiger partial charge in [0.1, 0.15) is 5.92 Å². The second-order valence-electron chi connectivity index (χ2n) is 4.38. The Morgan fingerprint density at radius 2 is 1.95 bits per heavy atom. The largest absolute Gasteiger partial charge is 0.315 e. The van der Waals surface area contributed by atoms with Crippen LogP contribution in [-0.2, 0) is 16.0 Å². The number of hydrogen-bond donors (Lipinski definition) is 0. The van der Waals surface area contributed by atoms with Gasteiger partial charge in [-0.3, -0.25) is 9.59 Å². The molecule has 3 nitrogen and oxygen atoms in total. The molecule has 1 heterocycles.